The fraction of sp³-hybridized carbons (Fsp3) is 0.143. The topological polar surface area (TPSA) is 51.6 Å². The molecule has 0 unspecified atom stereocenters. The first kappa shape index (κ1) is 14.4. The van der Waals surface area contributed by atoms with Crippen molar-refractivity contribution in [3.05, 3.63) is 77.0 Å². The van der Waals surface area contributed by atoms with E-state index >= 15 is 0 Å². The summed E-state index contributed by atoms with van der Waals surface area (Å²) in [6, 6.07) is 15.0. The van der Waals surface area contributed by atoms with Gasteiger partial charge in [0.15, 0.2) is 11.6 Å². The summed E-state index contributed by atoms with van der Waals surface area (Å²) in [5, 5.41) is 1.03. The zero-order chi connectivity index (χ0) is 17.0. The van der Waals surface area contributed by atoms with Crippen molar-refractivity contribution in [1.29, 1.82) is 0 Å². The van der Waals surface area contributed by atoms with Gasteiger partial charge < -0.3 is 9.30 Å². The van der Waals surface area contributed by atoms with Crippen molar-refractivity contribution in [2.24, 2.45) is 0 Å². The van der Waals surface area contributed by atoms with Crippen LogP contribution in [0.1, 0.15) is 26.3 Å². The summed E-state index contributed by atoms with van der Waals surface area (Å²) in [7, 11) is 0. The number of rotatable bonds is 3. The smallest absolute Gasteiger partial charge is 0.197 e. The van der Waals surface area contributed by atoms with Gasteiger partial charge in [-0.3, -0.25) is 9.59 Å². The molecule has 1 fully saturated rings. The molecule has 0 radical (unpaired) electrons. The van der Waals surface area contributed by atoms with Gasteiger partial charge in [-0.2, -0.15) is 0 Å². The standard InChI is InChI=1S/C21H15NO3/c23-20-16-6-1-2-7-17(16)21(24)18(20)9-13-10-22(11-14-12-25-14)19-8-4-3-5-15(13)19/h1-10,14H,11-12H2/t14-/m1/s1. The SMILES string of the molecule is O=C1C(=Cc2cn(C[C@@H]3CO3)c3ccccc23)C(=O)c2ccccc21. The highest BCUT2D eigenvalue weighted by Gasteiger charge is 2.33. The minimum atomic E-state index is -0.192. The van der Waals surface area contributed by atoms with E-state index in [1.807, 2.05) is 30.5 Å². The number of hydrogen-bond donors (Lipinski definition) is 0. The van der Waals surface area contributed by atoms with Gasteiger partial charge in [0.05, 0.1) is 24.8 Å². The molecule has 122 valence electrons. The van der Waals surface area contributed by atoms with Crippen molar-refractivity contribution >= 4 is 28.5 Å². The summed E-state index contributed by atoms with van der Waals surface area (Å²) in [5.41, 5.74) is 3.20. The average molecular weight is 329 g/mol. The number of ether oxygens (including phenoxy) is 1. The molecule has 1 aromatic heterocycles. The van der Waals surface area contributed by atoms with Crippen molar-refractivity contribution in [1.82, 2.24) is 4.57 Å². The number of fused-ring (bicyclic) bond motifs is 2. The summed E-state index contributed by atoms with van der Waals surface area (Å²) in [6.45, 7) is 1.57. The molecule has 0 spiro atoms. The number of carbonyl (C=O) groups excluding carboxylic acids is 2. The molecule has 0 bridgehead atoms. The van der Waals surface area contributed by atoms with E-state index in [0.717, 1.165) is 29.6 Å². The Labute approximate surface area is 144 Å². The van der Waals surface area contributed by atoms with Gasteiger partial charge in [-0.25, -0.2) is 0 Å². The number of hydrogen-bond acceptors (Lipinski definition) is 3. The molecule has 1 aliphatic carbocycles. The summed E-state index contributed by atoms with van der Waals surface area (Å²) in [5.74, 6) is -0.383. The third kappa shape index (κ3) is 2.26. The van der Waals surface area contributed by atoms with Crippen molar-refractivity contribution in [2.45, 2.75) is 12.6 Å². The lowest BCUT2D eigenvalue weighted by molar-refractivity contribution is 0.0990. The Hall–Kier alpha value is -2.98. The molecule has 1 aliphatic heterocycles. The van der Waals surface area contributed by atoms with Gasteiger partial charge in [-0.15, -0.1) is 0 Å². The predicted octanol–water partition coefficient (Wildman–Crippen LogP) is 3.50. The summed E-state index contributed by atoms with van der Waals surface area (Å²) in [6.07, 6.45) is 4.00. The maximum Gasteiger partial charge on any atom is 0.197 e. The van der Waals surface area contributed by atoms with E-state index in [9.17, 15) is 9.59 Å². The first-order chi connectivity index (χ1) is 12.2. The molecular weight excluding hydrogens is 314 g/mol. The van der Waals surface area contributed by atoms with E-state index in [0.29, 0.717) is 11.1 Å². The molecular formula is C21H15NO3. The molecule has 4 nitrogen and oxygen atoms in total. The number of Topliss-reactive ketones (excluding diaryl/α,β-unsaturated/α-hetero) is 2. The van der Waals surface area contributed by atoms with Crippen LogP contribution in [0.3, 0.4) is 0 Å². The van der Waals surface area contributed by atoms with Crippen molar-refractivity contribution in [3.63, 3.8) is 0 Å². The highest BCUT2D eigenvalue weighted by atomic mass is 16.6. The van der Waals surface area contributed by atoms with Crippen LogP contribution in [0.2, 0.25) is 0 Å². The molecule has 4 heteroatoms. The molecule has 0 amide bonds. The molecule has 1 atom stereocenters. The summed E-state index contributed by atoms with van der Waals surface area (Å²) >= 11 is 0. The third-order valence-corrected chi connectivity index (χ3v) is 4.83. The van der Waals surface area contributed by atoms with E-state index in [-0.39, 0.29) is 23.2 Å². The number of epoxide rings is 1. The maximum atomic E-state index is 12.6. The Balaban J connectivity index is 1.64. The number of ketones is 2. The van der Waals surface area contributed by atoms with Crippen LogP contribution in [0.15, 0.2) is 60.3 Å². The van der Waals surface area contributed by atoms with Crippen molar-refractivity contribution in [2.75, 3.05) is 6.61 Å². The second kappa shape index (κ2) is 5.26. The van der Waals surface area contributed by atoms with Gasteiger partial charge in [-0.1, -0.05) is 42.5 Å². The second-order valence-corrected chi connectivity index (χ2v) is 6.47. The lowest BCUT2D eigenvalue weighted by Crippen LogP contribution is -2.02. The zero-order valence-corrected chi connectivity index (χ0v) is 13.4. The zero-order valence-electron chi connectivity index (χ0n) is 13.4. The Bertz CT molecular complexity index is 1030. The molecule has 2 aliphatic rings. The maximum absolute atomic E-state index is 12.6. The number of benzene rings is 2. The van der Waals surface area contributed by atoms with Crippen LogP contribution in [-0.2, 0) is 11.3 Å². The highest BCUT2D eigenvalue weighted by Crippen LogP contribution is 2.31. The molecule has 5 rings (SSSR count). The van der Waals surface area contributed by atoms with Crippen molar-refractivity contribution < 1.29 is 14.3 Å². The Morgan fingerprint density at radius 3 is 2.32 bits per heavy atom. The lowest BCUT2D eigenvalue weighted by atomic mass is 10.1. The van der Waals surface area contributed by atoms with Gasteiger partial charge in [0, 0.05) is 33.8 Å². The predicted molar refractivity (Wildman–Crippen MR) is 94.8 cm³/mol. The minimum Gasteiger partial charge on any atom is -0.371 e. The van der Waals surface area contributed by atoms with Crippen LogP contribution < -0.4 is 0 Å². The molecule has 3 aromatic rings. The fourth-order valence-electron chi connectivity index (χ4n) is 3.49. The largest absolute Gasteiger partial charge is 0.371 e. The van der Waals surface area contributed by atoms with E-state index in [1.54, 1.807) is 30.3 Å². The molecule has 2 heterocycles. The minimum absolute atomic E-state index is 0.192. The lowest BCUT2D eigenvalue weighted by Gasteiger charge is -2.00. The monoisotopic (exact) mass is 329 g/mol. The molecule has 25 heavy (non-hydrogen) atoms. The number of carbonyl (C=O) groups is 2. The first-order valence-electron chi connectivity index (χ1n) is 8.32. The molecule has 0 saturated carbocycles. The van der Waals surface area contributed by atoms with Crippen molar-refractivity contribution in [3.8, 4) is 0 Å². The van der Waals surface area contributed by atoms with Gasteiger partial charge in [0.2, 0.25) is 0 Å². The number of nitrogens with zero attached hydrogens (tertiary/aromatic N) is 1. The third-order valence-electron chi connectivity index (χ3n) is 4.83. The van der Waals surface area contributed by atoms with E-state index in [2.05, 4.69) is 4.57 Å². The quantitative estimate of drug-likeness (QED) is 0.420. The number of aromatic nitrogens is 1. The second-order valence-electron chi connectivity index (χ2n) is 6.47. The van der Waals surface area contributed by atoms with Crippen LogP contribution in [0.5, 0.6) is 0 Å². The average Bonchev–Trinajstić information content (AvgIpc) is 3.35. The van der Waals surface area contributed by atoms with Crippen LogP contribution >= 0.6 is 0 Å². The normalized spacial score (nSPS) is 18.7. The van der Waals surface area contributed by atoms with Gasteiger partial charge in [-0.05, 0) is 12.1 Å². The Kier molecular flexibility index (Phi) is 3.02. The van der Waals surface area contributed by atoms with E-state index in [1.165, 1.54) is 0 Å². The number of allylic oxidation sites excluding steroid dienone is 1. The Morgan fingerprint density at radius 1 is 1.00 bits per heavy atom. The summed E-state index contributed by atoms with van der Waals surface area (Å²) in [4.78, 5) is 25.3. The first-order valence-corrected chi connectivity index (χ1v) is 8.32. The van der Waals surface area contributed by atoms with E-state index in [4.69, 9.17) is 4.74 Å². The van der Waals surface area contributed by atoms with Crippen LogP contribution in [-0.4, -0.2) is 28.8 Å². The fourth-order valence-corrected chi connectivity index (χ4v) is 3.49. The van der Waals surface area contributed by atoms with Crippen LogP contribution in [0.4, 0.5) is 0 Å². The van der Waals surface area contributed by atoms with Crippen LogP contribution in [0, 0.1) is 0 Å². The number of para-hydroxylation sites is 1. The molecule has 2 aromatic carbocycles. The molecule has 0 N–H and O–H groups in total. The molecule has 1 saturated heterocycles. The van der Waals surface area contributed by atoms with E-state index < -0.39 is 0 Å². The summed E-state index contributed by atoms with van der Waals surface area (Å²) < 4.78 is 7.47. The highest BCUT2D eigenvalue weighted by molar-refractivity contribution is 6.41. The Morgan fingerprint density at radius 2 is 1.64 bits per heavy atom. The van der Waals surface area contributed by atoms with Crippen LogP contribution in [0.25, 0.3) is 17.0 Å². The van der Waals surface area contributed by atoms with Gasteiger partial charge in [0.25, 0.3) is 0 Å². The van der Waals surface area contributed by atoms with Gasteiger partial charge in [0.1, 0.15) is 0 Å². The van der Waals surface area contributed by atoms with Gasteiger partial charge >= 0.3 is 0 Å².